The largest absolute Gasteiger partial charge is 0.456 e. The first-order valence-electron chi connectivity index (χ1n) is 9.87. The summed E-state index contributed by atoms with van der Waals surface area (Å²) in [5.74, 6) is -0.942. The Morgan fingerprint density at radius 3 is 2.48 bits per heavy atom. The Bertz CT molecular complexity index is 1170. The summed E-state index contributed by atoms with van der Waals surface area (Å²) >= 11 is 0. The topological polar surface area (TPSA) is 107 Å². The molecule has 0 aliphatic heterocycles. The second-order valence-corrected chi connectivity index (χ2v) is 7.48. The van der Waals surface area contributed by atoms with Gasteiger partial charge >= 0.3 is 5.97 Å². The Morgan fingerprint density at radius 2 is 1.77 bits per heavy atom. The lowest BCUT2D eigenvalue weighted by Gasteiger charge is -2.10. The molecule has 0 atom stereocenters. The molecule has 0 spiro atoms. The van der Waals surface area contributed by atoms with Gasteiger partial charge in [-0.05, 0) is 42.3 Å². The predicted octanol–water partition coefficient (Wildman–Crippen LogP) is 2.81. The van der Waals surface area contributed by atoms with Crippen molar-refractivity contribution in [1.82, 2.24) is 9.55 Å². The van der Waals surface area contributed by atoms with Gasteiger partial charge in [-0.2, -0.15) is 0 Å². The van der Waals surface area contributed by atoms with E-state index in [4.69, 9.17) is 4.74 Å². The molecule has 0 aliphatic rings. The SMILES string of the molecule is CC(C)CC(=O)Nc1ccc(C(=O)COC(=O)Cn2c(=O)cnc3ccccc32)cc1. The molecule has 3 rings (SSSR count). The number of Topliss-reactive ketones (excluding diaryl/α,β-unsaturated/α-hetero) is 1. The Morgan fingerprint density at radius 1 is 1.06 bits per heavy atom. The lowest BCUT2D eigenvalue weighted by atomic mass is 10.1. The summed E-state index contributed by atoms with van der Waals surface area (Å²) in [7, 11) is 0. The first kappa shape index (κ1) is 21.9. The first-order valence-corrected chi connectivity index (χ1v) is 9.87. The van der Waals surface area contributed by atoms with Crippen LogP contribution in [0, 0.1) is 5.92 Å². The van der Waals surface area contributed by atoms with Crippen molar-refractivity contribution in [3.8, 4) is 0 Å². The Balaban J connectivity index is 1.57. The number of aromatic nitrogens is 2. The molecule has 1 aromatic heterocycles. The molecular formula is C23H23N3O5. The fourth-order valence-electron chi connectivity index (χ4n) is 3.00. The highest BCUT2D eigenvalue weighted by molar-refractivity contribution is 5.99. The maximum absolute atomic E-state index is 12.3. The van der Waals surface area contributed by atoms with Crippen LogP contribution in [0.25, 0.3) is 11.0 Å². The van der Waals surface area contributed by atoms with Crippen molar-refractivity contribution >= 4 is 34.4 Å². The number of ketones is 1. The average Bonchev–Trinajstić information content (AvgIpc) is 2.74. The summed E-state index contributed by atoms with van der Waals surface area (Å²) in [6, 6.07) is 13.3. The van der Waals surface area contributed by atoms with Crippen molar-refractivity contribution in [3.05, 3.63) is 70.6 Å². The number of nitrogens with one attached hydrogen (secondary N) is 1. The number of hydrogen-bond donors (Lipinski definition) is 1. The minimum absolute atomic E-state index is 0.0955. The van der Waals surface area contributed by atoms with Crippen LogP contribution in [-0.2, 0) is 20.9 Å². The first-order chi connectivity index (χ1) is 14.8. The van der Waals surface area contributed by atoms with E-state index in [1.54, 1.807) is 48.5 Å². The highest BCUT2D eigenvalue weighted by Gasteiger charge is 2.13. The number of anilines is 1. The molecule has 0 fully saturated rings. The van der Waals surface area contributed by atoms with E-state index in [2.05, 4.69) is 10.3 Å². The zero-order valence-corrected chi connectivity index (χ0v) is 17.3. The highest BCUT2D eigenvalue weighted by atomic mass is 16.5. The number of carbonyl (C=O) groups is 3. The molecule has 0 bridgehead atoms. The van der Waals surface area contributed by atoms with Crippen molar-refractivity contribution in [2.45, 2.75) is 26.8 Å². The summed E-state index contributed by atoms with van der Waals surface area (Å²) in [4.78, 5) is 52.5. The second-order valence-electron chi connectivity index (χ2n) is 7.48. The molecule has 2 aromatic carbocycles. The number of rotatable bonds is 8. The monoisotopic (exact) mass is 421 g/mol. The van der Waals surface area contributed by atoms with E-state index in [-0.39, 0.29) is 24.2 Å². The number of hydrogen-bond acceptors (Lipinski definition) is 6. The van der Waals surface area contributed by atoms with Gasteiger partial charge in [0.1, 0.15) is 6.54 Å². The molecule has 8 heteroatoms. The van der Waals surface area contributed by atoms with Crippen LogP contribution < -0.4 is 10.9 Å². The van der Waals surface area contributed by atoms with Gasteiger partial charge in [0.15, 0.2) is 12.4 Å². The van der Waals surface area contributed by atoms with Gasteiger partial charge in [0.25, 0.3) is 5.56 Å². The van der Waals surface area contributed by atoms with Crippen LogP contribution in [0.2, 0.25) is 0 Å². The molecule has 0 saturated heterocycles. The third-order valence-corrected chi connectivity index (χ3v) is 4.49. The zero-order chi connectivity index (χ0) is 22.4. The van der Waals surface area contributed by atoms with Gasteiger partial charge in [-0.25, -0.2) is 4.98 Å². The summed E-state index contributed by atoms with van der Waals surface area (Å²) in [5.41, 5.74) is 1.58. The molecule has 0 radical (unpaired) electrons. The molecular weight excluding hydrogens is 398 g/mol. The van der Waals surface area contributed by atoms with E-state index in [9.17, 15) is 19.2 Å². The number of nitrogens with zero attached hydrogens (tertiary/aromatic N) is 2. The van der Waals surface area contributed by atoms with E-state index < -0.39 is 18.1 Å². The van der Waals surface area contributed by atoms with Crippen molar-refractivity contribution in [2.75, 3.05) is 11.9 Å². The lowest BCUT2D eigenvalue weighted by Crippen LogP contribution is -2.26. The predicted molar refractivity (Wildman–Crippen MR) is 116 cm³/mol. The van der Waals surface area contributed by atoms with Gasteiger partial charge in [-0.15, -0.1) is 0 Å². The third-order valence-electron chi connectivity index (χ3n) is 4.49. The molecule has 1 N–H and O–H groups in total. The van der Waals surface area contributed by atoms with Crippen LogP contribution >= 0.6 is 0 Å². The van der Waals surface area contributed by atoms with Gasteiger partial charge in [0.05, 0.1) is 17.2 Å². The van der Waals surface area contributed by atoms with Crippen LogP contribution in [0.15, 0.2) is 59.5 Å². The molecule has 0 aliphatic carbocycles. The second kappa shape index (κ2) is 9.80. The minimum atomic E-state index is -0.704. The number of fused-ring (bicyclic) bond motifs is 1. The van der Waals surface area contributed by atoms with E-state index in [0.29, 0.717) is 28.7 Å². The normalized spacial score (nSPS) is 10.8. The number of benzene rings is 2. The summed E-state index contributed by atoms with van der Waals surface area (Å²) in [6.07, 6.45) is 1.55. The fraction of sp³-hybridized carbons (Fsp3) is 0.261. The maximum Gasteiger partial charge on any atom is 0.326 e. The lowest BCUT2D eigenvalue weighted by molar-refractivity contribution is -0.143. The standard InChI is InChI=1S/C23H23N3O5/c1-15(2)11-21(28)25-17-9-7-16(8-10-17)20(27)14-31-23(30)13-26-19-6-4-3-5-18(19)24-12-22(26)29/h3-10,12,15H,11,13-14H2,1-2H3,(H,25,28). The number of esters is 1. The van der Waals surface area contributed by atoms with E-state index in [1.165, 1.54) is 4.57 Å². The summed E-state index contributed by atoms with van der Waals surface area (Å²) < 4.78 is 6.32. The molecule has 1 amide bonds. The molecule has 31 heavy (non-hydrogen) atoms. The summed E-state index contributed by atoms with van der Waals surface area (Å²) in [6.45, 7) is 3.14. The Kier molecular flexibility index (Phi) is 6.92. The third kappa shape index (κ3) is 5.85. The number of ether oxygens (including phenoxy) is 1. The fourth-order valence-corrected chi connectivity index (χ4v) is 3.00. The Hall–Kier alpha value is -3.81. The zero-order valence-electron chi connectivity index (χ0n) is 17.3. The number of amides is 1. The highest BCUT2D eigenvalue weighted by Crippen LogP contribution is 2.12. The average molecular weight is 421 g/mol. The van der Waals surface area contributed by atoms with Gasteiger partial charge in [-0.1, -0.05) is 26.0 Å². The van der Waals surface area contributed by atoms with Crippen LogP contribution in [0.1, 0.15) is 30.6 Å². The van der Waals surface area contributed by atoms with Crippen LogP contribution in [0.4, 0.5) is 5.69 Å². The van der Waals surface area contributed by atoms with Crippen molar-refractivity contribution < 1.29 is 19.1 Å². The smallest absolute Gasteiger partial charge is 0.326 e. The molecule has 3 aromatic rings. The minimum Gasteiger partial charge on any atom is -0.456 e. The van der Waals surface area contributed by atoms with Gasteiger partial charge in [0, 0.05) is 17.7 Å². The van der Waals surface area contributed by atoms with Gasteiger partial charge in [0.2, 0.25) is 5.91 Å². The van der Waals surface area contributed by atoms with Crippen LogP contribution in [-0.4, -0.2) is 33.8 Å². The van der Waals surface area contributed by atoms with Crippen molar-refractivity contribution in [1.29, 1.82) is 0 Å². The van der Waals surface area contributed by atoms with E-state index in [0.717, 1.165) is 6.20 Å². The van der Waals surface area contributed by atoms with E-state index in [1.807, 2.05) is 13.8 Å². The molecule has 1 heterocycles. The molecule has 0 unspecified atom stereocenters. The number of para-hydroxylation sites is 2. The molecule has 0 saturated carbocycles. The van der Waals surface area contributed by atoms with Crippen molar-refractivity contribution in [3.63, 3.8) is 0 Å². The molecule has 8 nitrogen and oxygen atoms in total. The van der Waals surface area contributed by atoms with Crippen LogP contribution in [0.3, 0.4) is 0 Å². The number of carbonyl (C=O) groups excluding carboxylic acids is 3. The van der Waals surface area contributed by atoms with E-state index >= 15 is 0 Å². The molecule has 160 valence electrons. The van der Waals surface area contributed by atoms with Crippen LogP contribution in [0.5, 0.6) is 0 Å². The summed E-state index contributed by atoms with van der Waals surface area (Å²) in [5, 5.41) is 2.76. The van der Waals surface area contributed by atoms with Gasteiger partial charge < -0.3 is 10.1 Å². The Labute approximate surface area is 178 Å². The van der Waals surface area contributed by atoms with Crippen molar-refractivity contribution in [2.24, 2.45) is 5.92 Å². The quantitative estimate of drug-likeness (QED) is 0.443. The van der Waals surface area contributed by atoms with Gasteiger partial charge in [-0.3, -0.25) is 23.7 Å². The maximum atomic E-state index is 12.3.